The SMILES string of the molecule is Cc1cccc(NC(=O)CC(=O)O)c1. The van der Waals surface area contributed by atoms with E-state index in [1.165, 1.54) is 0 Å². The summed E-state index contributed by atoms with van der Waals surface area (Å²) in [6.07, 6.45) is -0.506. The van der Waals surface area contributed by atoms with E-state index >= 15 is 0 Å². The van der Waals surface area contributed by atoms with Crippen molar-refractivity contribution in [3.63, 3.8) is 0 Å². The Balaban J connectivity index is 2.60. The molecule has 1 rings (SSSR count). The van der Waals surface area contributed by atoms with Gasteiger partial charge in [-0.05, 0) is 24.6 Å². The maximum atomic E-state index is 11.0. The van der Waals surface area contributed by atoms with E-state index in [2.05, 4.69) is 5.32 Å². The van der Waals surface area contributed by atoms with Crippen LogP contribution in [0.1, 0.15) is 12.0 Å². The lowest BCUT2D eigenvalue weighted by molar-refractivity contribution is -0.139. The molecule has 0 aliphatic rings. The summed E-state index contributed by atoms with van der Waals surface area (Å²) < 4.78 is 0. The van der Waals surface area contributed by atoms with Gasteiger partial charge in [0.1, 0.15) is 6.42 Å². The molecule has 0 aliphatic heterocycles. The fourth-order valence-corrected chi connectivity index (χ4v) is 1.07. The number of amides is 1. The molecule has 0 atom stereocenters. The van der Waals surface area contributed by atoms with Crippen molar-refractivity contribution in [2.75, 3.05) is 5.32 Å². The van der Waals surface area contributed by atoms with Gasteiger partial charge in [-0.25, -0.2) is 0 Å². The van der Waals surface area contributed by atoms with E-state index < -0.39 is 18.3 Å². The van der Waals surface area contributed by atoms with Crippen molar-refractivity contribution in [3.8, 4) is 0 Å². The van der Waals surface area contributed by atoms with Crippen LogP contribution < -0.4 is 5.32 Å². The summed E-state index contributed by atoms with van der Waals surface area (Å²) in [5, 5.41) is 10.8. The number of carbonyl (C=O) groups excluding carboxylic acids is 1. The summed E-state index contributed by atoms with van der Waals surface area (Å²) in [6, 6.07) is 7.19. The van der Waals surface area contributed by atoms with Crippen molar-refractivity contribution in [1.29, 1.82) is 0 Å². The molecule has 2 N–H and O–H groups in total. The Hall–Kier alpha value is -1.84. The number of carboxylic acids is 1. The van der Waals surface area contributed by atoms with E-state index in [1.807, 2.05) is 13.0 Å². The zero-order chi connectivity index (χ0) is 10.6. The molecule has 0 aromatic heterocycles. The van der Waals surface area contributed by atoms with Crippen molar-refractivity contribution < 1.29 is 14.7 Å². The minimum atomic E-state index is -1.13. The number of hydrogen-bond donors (Lipinski definition) is 2. The lowest BCUT2D eigenvalue weighted by Crippen LogP contribution is -2.15. The van der Waals surface area contributed by atoms with Gasteiger partial charge < -0.3 is 10.4 Å². The van der Waals surface area contributed by atoms with Crippen LogP contribution in [0.4, 0.5) is 5.69 Å². The molecule has 0 fully saturated rings. The molecule has 0 saturated heterocycles. The lowest BCUT2D eigenvalue weighted by atomic mass is 10.2. The molecule has 0 aliphatic carbocycles. The lowest BCUT2D eigenvalue weighted by Gasteiger charge is -2.03. The molecule has 0 radical (unpaired) electrons. The average Bonchev–Trinajstić information content (AvgIpc) is 2.01. The number of anilines is 1. The van der Waals surface area contributed by atoms with E-state index in [4.69, 9.17) is 5.11 Å². The minimum absolute atomic E-state index is 0.506. The molecule has 4 nitrogen and oxygen atoms in total. The summed E-state index contributed by atoms with van der Waals surface area (Å²) in [7, 11) is 0. The summed E-state index contributed by atoms with van der Waals surface area (Å²) in [5.74, 6) is -1.64. The highest BCUT2D eigenvalue weighted by molar-refractivity contribution is 6.01. The van der Waals surface area contributed by atoms with Crippen LogP contribution in [0, 0.1) is 6.92 Å². The predicted molar refractivity (Wildman–Crippen MR) is 52.1 cm³/mol. The first-order valence-corrected chi connectivity index (χ1v) is 4.16. The molecule has 0 unspecified atom stereocenters. The van der Waals surface area contributed by atoms with Gasteiger partial charge in [-0.2, -0.15) is 0 Å². The third kappa shape index (κ3) is 3.26. The zero-order valence-electron chi connectivity index (χ0n) is 7.78. The van der Waals surface area contributed by atoms with Crippen molar-refractivity contribution in [1.82, 2.24) is 0 Å². The second-order valence-corrected chi connectivity index (χ2v) is 2.99. The standard InChI is InChI=1S/C10H11NO3/c1-7-3-2-4-8(5-7)11-9(12)6-10(13)14/h2-5H,6H2,1H3,(H,11,12)(H,13,14). The summed E-state index contributed by atoms with van der Waals surface area (Å²) in [4.78, 5) is 21.2. The van der Waals surface area contributed by atoms with Crippen molar-refractivity contribution in [2.45, 2.75) is 13.3 Å². The third-order valence-electron chi connectivity index (χ3n) is 1.61. The molecule has 14 heavy (non-hydrogen) atoms. The molecule has 0 heterocycles. The third-order valence-corrected chi connectivity index (χ3v) is 1.61. The Morgan fingerprint density at radius 3 is 2.71 bits per heavy atom. The number of hydrogen-bond acceptors (Lipinski definition) is 2. The number of rotatable bonds is 3. The molecule has 1 aromatic carbocycles. The molecule has 0 bridgehead atoms. The topological polar surface area (TPSA) is 66.4 Å². The minimum Gasteiger partial charge on any atom is -0.481 e. The van der Waals surface area contributed by atoms with Crippen LogP contribution in [0.15, 0.2) is 24.3 Å². The summed E-state index contributed by atoms with van der Waals surface area (Å²) in [5.41, 5.74) is 1.63. The van der Waals surface area contributed by atoms with Crippen molar-refractivity contribution in [3.05, 3.63) is 29.8 Å². The highest BCUT2D eigenvalue weighted by Gasteiger charge is 2.07. The second kappa shape index (κ2) is 4.41. The van der Waals surface area contributed by atoms with Crippen LogP contribution in [0.3, 0.4) is 0 Å². The first-order valence-electron chi connectivity index (χ1n) is 4.16. The first kappa shape index (κ1) is 10.2. The monoisotopic (exact) mass is 193 g/mol. The Bertz CT molecular complexity index is 360. The molecule has 1 aromatic rings. The Labute approximate surface area is 81.6 Å². The largest absolute Gasteiger partial charge is 0.481 e. The highest BCUT2D eigenvalue weighted by atomic mass is 16.4. The maximum absolute atomic E-state index is 11.0. The zero-order valence-corrected chi connectivity index (χ0v) is 7.78. The Morgan fingerprint density at radius 2 is 2.14 bits per heavy atom. The van der Waals surface area contributed by atoms with E-state index in [9.17, 15) is 9.59 Å². The highest BCUT2D eigenvalue weighted by Crippen LogP contribution is 2.09. The van der Waals surface area contributed by atoms with Crippen LogP contribution in [-0.4, -0.2) is 17.0 Å². The van der Waals surface area contributed by atoms with Crippen LogP contribution in [-0.2, 0) is 9.59 Å². The van der Waals surface area contributed by atoms with Crippen molar-refractivity contribution in [2.24, 2.45) is 0 Å². The van der Waals surface area contributed by atoms with Gasteiger partial charge in [-0.1, -0.05) is 12.1 Å². The molecule has 4 heteroatoms. The van der Waals surface area contributed by atoms with Gasteiger partial charge in [0.05, 0.1) is 0 Å². The van der Waals surface area contributed by atoms with Gasteiger partial charge in [0.2, 0.25) is 5.91 Å². The normalized spacial score (nSPS) is 9.50. The average molecular weight is 193 g/mol. The van der Waals surface area contributed by atoms with Crippen molar-refractivity contribution >= 4 is 17.6 Å². The molecule has 0 saturated carbocycles. The number of nitrogens with one attached hydrogen (secondary N) is 1. The van der Waals surface area contributed by atoms with Gasteiger partial charge in [-0.3, -0.25) is 9.59 Å². The molecular formula is C10H11NO3. The summed E-state index contributed by atoms with van der Waals surface area (Å²) in [6.45, 7) is 1.90. The number of carboxylic acid groups (broad SMARTS) is 1. The molecule has 74 valence electrons. The van der Waals surface area contributed by atoms with Gasteiger partial charge >= 0.3 is 5.97 Å². The smallest absolute Gasteiger partial charge is 0.312 e. The Kier molecular flexibility index (Phi) is 3.23. The second-order valence-electron chi connectivity index (χ2n) is 2.99. The first-order chi connectivity index (χ1) is 6.58. The number of aryl methyl sites for hydroxylation is 1. The summed E-state index contributed by atoms with van der Waals surface area (Å²) >= 11 is 0. The van der Waals surface area contributed by atoms with E-state index in [0.29, 0.717) is 5.69 Å². The molecular weight excluding hydrogens is 182 g/mol. The number of carbonyl (C=O) groups is 2. The molecule has 1 amide bonds. The van der Waals surface area contributed by atoms with Crippen LogP contribution in [0.25, 0.3) is 0 Å². The van der Waals surface area contributed by atoms with E-state index in [0.717, 1.165) is 5.56 Å². The van der Waals surface area contributed by atoms with Gasteiger partial charge in [0.25, 0.3) is 0 Å². The quantitative estimate of drug-likeness (QED) is 0.713. The van der Waals surface area contributed by atoms with E-state index in [-0.39, 0.29) is 0 Å². The fourth-order valence-electron chi connectivity index (χ4n) is 1.07. The maximum Gasteiger partial charge on any atom is 0.312 e. The van der Waals surface area contributed by atoms with Gasteiger partial charge in [-0.15, -0.1) is 0 Å². The predicted octanol–water partition coefficient (Wildman–Crippen LogP) is 1.41. The van der Waals surface area contributed by atoms with Gasteiger partial charge in [0.15, 0.2) is 0 Å². The fraction of sp³-hybridized carbons (Fsp3) is 0.200. The van der Waals surface area contributed by atoms with Crippen LogP contribution in [0.5, 0.6) is 0 Å². The van der Waals surface area contributed by atoms with Crippen LogP contribution >= 0.6 is 0 Å². The van der Waals surface area contributed by atoms with E-state index in [1.54, 1.807) is 18.2 Å². The number of benzene rings is 1. The number of aliphatic carboxylic acids is 1. The Morgan fingerprint density at radius 1 is 1.43 bits per heavy atom. The van der Waals surface area contributed by atoms with Gasteiger partial charge in [0, 0.05) is 5.69 Å². The molecule has 0 spiro atoms. The van der Waals surface area contributed by atoms with Crippen LogP contribution in [0.2, 0.25) is 0 Å².